The van der Waals surface area contributed by atoms with Gasteiger partial charge < -0.3 is 9.88 Å². The van der Waals surface area contributed by atoms with E-state index in [9.17, 15) is 4.79 Å². The first kappa shape index (κ1) is 16.3. The van der Waals surface area contributed by atoms with Gasteiger partial charge in [-0.3, -0.25) is 9.69 Å². The molecule has 1 aliphatic heterocycles. The molecule has 1 aromatic carbocycles. The van der Waals surface area contributed by atoms with Crippen molar-refractivity contribution in [1.29, 1.82) is 0 Å². The van der Waals surface area contributed by atoms with Gasteiger partial charge in [-0.15, -0.1) is 0 Å². The Balaban J connectivity index is 1.21. The Morgan fingerprint density at radius 1 is 1.24 bits per heavy atom. The van der Waals surface area contributed by atoms with Crippen LogP contribution in [0.5, 0.6) is 0 Å². The molecule has 1 atom stereocenters. The number of hydrogen-bond donors (Lipinski definition) is 1. The number of benzene rings is 1. The van der Waals surface area contributed by atoms with E-state index in [0.29, 0.717) is 6.54 Å². The lowest BCUT2D eigenvalue weighted by molar-refractivity contribution is -0.123. The first-order valence-corrected chi connectivity index (χ1v) is 9.25. The maximum atomic E-state index is 12.4. The Bertz CT molecular complexity index is 690. The van der Waals surface area contributed by atoms with E-state index in [0.717, 1.165) is 45.4 Å². The maximum absolute atomic E-state index is 12.4. The van der Waals surface area contributed by atoms with Crippen molar-refractivity contribution in [2.75, 3.05) is 19.6 Å². The minimum Gasteiger partial charge on any atom is -0.354 e. The summed E-state index contributed by atoms with van der Waals surface area (Å²) >= 11 is 0. The minimum absolute atomic E-state index is 0.231. The lowest BCUT2D eigenvalue weighted by Crippen LogP contribution is -2.37. The molecule has 1 aliphatic carbocycles. The summed E-state index contributed by atoms with van der Waals surface area (Å²) in [7, 11) is 0. The second-order valence-electron chi connectivity index (χ2n) is 7.47. The van der Waals surface area contributed by atoms with Crippen molar-refractivity contribution >= 4 is 5.91 Å². The number of carbonyl (C=O) groups excluding carboxylic acids is 1. The van der Waals surface area contributed by atoms with Gasteiger partial charge in [0.2, 0.25) is 5.91 Å². The van der Waals surface area contributed by atoms with Gasteiger partial charge in [0.05, 0.1) is 6.33 Å². The van der Waals surface area contributed by atoms with E-state index in [4.69, 9.17) is 0 Å². The van der Waals surface area contributed by atoms with Gasteiger partial charge in [-0.2, -0.15) is 0 Å². The summed E-state index contributed by atoms with van der Waals surface area (Å²) in [6.45, 7) is 4.71. The van der Waals surface area contributed by atoms with Crippen molar-refractivity contribution in [3.05, 3.63) is 54.6 Å². The minimum atomic E-state index is 0.231. The Morgan fingerprint density at radius 3 is 2.76 bits per heavy atom. The van der Waals surface area contributed by atoms with Gasteiger partial charge in [0.15, 0.2) is 0 Å². The quantitative estimate of drug-likeness (QED) is 0.879. The second kappa shape index (κ2) is 7.00. The molecule has 1 N–H and O–H groups in total. The van der Waals surface area contributed by atoms with Crippen LogP contribution in [0, 0.1) is 11.3 Å². The van der Waals surface area contributed by atoms with E-state index in [-0.39, 0.29) is 17.2 Å². The van der Waals surface area contributed by atoms with Crippen LogP contribution in [0.4, 0.5) is 0 Å². The molecule has 132 valence electrons. The highest BCUT2D eigenvalue weighted by Crippen LogP contribution is 2.59. The van der Waals surface area contributed by atoms with Crippen molar-refractivity contribution in [2.24, 2.45) is 11.3 Å². The SMILES string of the molecule is O=C(NCCn1ccnc1)C1CC12CCN(Cc1ccccc1)CC2. The highest BCUT2D eigenvalue weighted by atomic mass is 16.2. The van der Waals surface area contributed by atoms with Crippen molar-refractivity contribution in [2.45, 2.75) is 32.4 Å². The number of likely N-dealkylation sites (tertiary alicyclic amines) is 1. The number of nitrogens with one attached hydrogen (secondary N) is 1. The largest absolute Gasteiger partial charge is 0.354 e. The molecule has 2 aliphatic rings. The molecular formula is C20H26N4O. The third kappa shape index (κ3) is 3.76. The van der Waals surface area contributed by atoms with E-state index in [1.807, 2.05) is 10.8 Å². The topological polar surface area (TPSA) is 50.2 Å². The van der Waals surface area contributed by atoms with E-state index in [1.165, 1.54) is 5.56 Å². The predicted molar refractivity (Wildman–Crippen MR) is 96.7 cm³/mol. The molecule has 1 aromatic heterocycles. The van der Waals surface area contributed by atoms with Crippen molar-refractivity contribution in [3.63, 3.8) is 0 Å². The van der Waals surface area contributed by atoms with Crippen molar-refractivity contribution in [3.8, 4) is 0 Å². The van der Waals surface area contributed by atoms with E-state index in [2.05, 4.69) is 45.5 Å². The molecular weight excluding hydrogens is 312 g/mol. The number of rotatable bonds is 6. The highest BCUT2D eigenvalue weighted by molar-refractivity contribution is 5.82. The zero-order chi connectivity index (χ0) is 17.1. The smallest absolute Gasteiger partial charge is 0.223 e. The maximum Gasteiger partial charge on any atom is 0.223 e. The van der Waals surface area contributed by atoms with Gasteiger partial charge in [0.25, 0.3) is 0 Å². The number of hydrogen-bond acceptors (Lipinski definition) is 3. The highest BCUT2D eigenvalue weighted by Gasteiger charge is 2.58. The van der Waals surface area contributed by atoms with Crippen LogP contribution >= 0.6 is 0 Å². The first-order chi connectivity index (χ1) is 12.3. The molecule has 4 rings (SSSR count). The average molecular weight is 338 g/mol. The lowest BCUT2D eigenvalue weighted by Gasteiger charge is -2.32. The van der Waals surface area contributed by atoms with Crippen LogP contribution in [0.25, 0.3) is 0 Å². The Hall–Kier alpha value is -2.14. The Kier molecular flexibility index (Phi) is 4.57. The van der Waals surface area contributed by atoms with Crippen LogP contribution in [0.2, 0.25) is 0 Å². The monoisotopic (exact) mass is 338 g/mol. The normalized spacial score (nSPS) is 22.0. The summed E-state index contributed by atoms with van der Waals surface area (Å²) < 4.78 is 1.99. The molecule has 2 aromatic rings. The Labute approximate surface area is 149 Å². The molecule has 1 saturated heterocycles. The fraction of sp³-hybridized carbons (Fsp3) is 0.500. The molecule has 1 spiro atoms. The molecule has 25 heavy (non-hydrogen) atoms. The van der Waals surface area contributed by atoms with Crippen molar-refractivity contribution in [1.82, 2.24) is 19.8 Å². The second-order valence-corrected chi connectivity index (χ2v) is 7.47. The standard InChI is InChI=1S/C20H26N4O/c25-19(22-9-13-24-12-8-21-16-24)18-14-20(18)6-10-23(11-7-20)15-17-4-2-1-3-5-17/h1-5,8,12,16,18H,6-7,9-11,13-15H2,(H,22,25). The number of amides is 1. The van der Waals surface area contributed by atoms with E-state index < -0.39 is 0 Å². The summed E-state index contributed by atoms with van der Waals surface area (Å²) in [5, 5.41) is 3.10. The average Bonchev–Trinajstić information content (AvgIpc) is 3.08. The van der Waals surface area contributed by atoms with E-state index in [1.54, 1.807) is 12.5 Å². The van der Waals surface area contributed by atoms with Crippen molar-refractivity contribution < 1.29 is 4.79 Å². The zero-order valence-corrected chi connectivity index (χ0v) is 14.6. The summed E-state index contributed by atoms with van der Waals surface area (Å²) in [6, 6.07) is 10.7. The van der Waals surface area contributed by atoms with Gasteiger partial charge >= 0.3 is 0 Å². The molecule has 2 heterocycles. The summed E-state index contributed by atoms with van der Waals surface area (Å²) in [5.41, 5.74) is 1.66. The van der Waals surface area contributed by atoms with E-state index >= 15 is 0 Å². The van der Waals surface area contributed by atoms with Crippen LogP contribution in [-0.4, -0.2) is 40.0 Å². The third-order valence-electron chi connectivity index (χ3n) is 5.84. The number of nitrogens with zero attached hydrogens (tertiary/aromatic N) is 3. The van der Waals surface area contributed by atoms with Gasteiger partial charge in [0, 0.05) is 37.9 Å². The zero-order valence-electron chi connectivity index (χ0n) is 14.6. The molecule has 0 bridgehead atoms. The molecule has 1 unspecified atom stereocenters. The Morgan fingerprint density at radius 2 is 2.04 bits per heavy atom. The molecule has 5 heteroatoms. The molecule has 1 amide bonds. The molecule has 5 nitrogen and oxygen atoms in total. The summed E-state index contributed by atoms with van der Waals surface area (Å²) in [5.74, 6) is 0.478. The van der Waals surface area contributed by atoms with Crippen LogP contribution < -0.4 is 5.32 Å². The third-order valence-corrected chi connectivity index (χ3v) is 5.84. The van der Waals surface area contributed by atoms with Gasteiger partial charge in [-0.05, 0) is 43.3 Å². The summed E-state index contributed by atoms with van der Waals surface area (Å²) in [6.07, 6.45) is 8.85. The molecule has 0 radical (unpaired) electrons. The fourth-order valence-electron chi connectivity index (χ4n) is 4.12. The lowest BCUT2D eigenvalue weighted by atomic mass is 9.90. The first-order valence-electron chi connectivity index (χ1n) is 9.25. The number of aromatic nitrogens is 2. The molecule has 2 fully saturated rings. The summed E-state index contributed by atoms with van der Waals surface area (Å²) in [4.78, 5) is 19.0. The number of carbonyl (C=O) groups is 1. The fourth-order valence-corrected chi connectivity index (χ4v) is 4.12. The van der Waals surface area contributed by atoms with Gasteiger partial charge in [-0.1, -0.05) is 30.3 Å². The molecule has 1 saturated carbocycles. The van der Waals surface area contributed by atoms with Crippen LogP contribution in [0.15, 0.2) is 49.1 Å². The van der Waals surface area contributed by atoms with Crippen LogP contribution in [0.3, 0.4) is 0 Å². The number of imidazole rings is 1. The van der Waals surface area contributed by atoms with Gasteiger partial charge in [-0.25, -0.2) is 4.98 Å². The predicted octanol–water partition coefficient (Wildman–Crippen LogP) is 2.30. The van der Waals surface area contributed by atoms with Crippen LogP contribution in [0.1, 0.15) is 24.8 Å². The van der Waals surface area contributed by atoms with Crippen LogP contribution in [-0.2, 0) is 17.9 Å². The number of piperidine rings is 1. The van der Waals surface area contributed by atoms with Gasteiger partial charge in [0.1, 0.15) is 0 Å².